The number of amides is 1. The van der Waals surface area contributed by atoms with Gasteiger partial charge in [0.05, 0.1) is 17.7 Å². The van der Waals surface area contributed by atoms with E-state index in [9.17, 15) is 4.79 Å². The van der Waals surface area contributed by atoms with Crippen molar-refractivity contribution in [2.24, 2.45) is 4.99 Å². The largest absolute Gasteiger partial charge is 0.487 e. The molecule has 1 fully saturated rings. The number of aryl methyl sites for hydroxylation is 1. The first-order valence-electron chi connectivity index (χ1n) is 10.2. The molecule has 3 aromatic carbocycles. The monoisotopic (exact) mass is 792 g/mol. The lowest BCUT2D eigenvalue weighted by molar-refractivity contribution is -0.115. The second kappa shape index (κ2) is 11.5. The lowest BCUT2D eigenvalue weighted by Gasteiger charge is -2.12. The molecule has 0 bridgehead atoms. The van der Waals surface area contributed by atoms with Gasteiger partial charge in [0.25, 0.3) is 5.91 Å². The Hall–Kier alpha value is -1.12. The number of ether oxygens (including phenoxy) is 1. The minimum absolute atomic E-state index is 0.131. The van der Waals surface area contributed by atoms with E-state index in [-0.39, 0.29) is 5.91 Å². The predicted octanol–water partition coefficient (Wildman–Crippen LogP) is 7.53. The van der Waals surface area contributed by atoms with Crippen LogP contribution in [0.4, 0.5) is 5.69 Å². The maximum atomic E-state index is 12.5. The first-order chi connectivity index (χ1) is 15.9. The number of amidine groups is 1. The van der Waals surface area contributed by atoms with Crippen molar-refractivity contribution >= 4 is 102 Å². The number of carbonyl (C=O) groups excluding carboxylic acids is 1. The number of nitrogens with zero attached hydrogens (tertiary/aromatic N) is 1. The fourth-order valence-electron chi connectivity index (χ4n) is 3.09. The fourth-order valence-corrected chi connectivity index (χ4v) is 6.42. The van der Waals surface area contributed by atoms with Crippen molar-refractivity contribution in [3.8, 4) is 5.75 Å². The van der Waals surface area contributed by atoms with Crippen molar-refractivity contribution in [2.75, 3.05) is 0 Å². The van der Waals surface area contributed by atoms with Crippen LogP contribution in [0, 0.1) is 10.7 Å². The highest BCUT2D eigenvalue weighted by molar-refractivity contribution is 14.1. The van der Waals surface area contributed by atoms with Crippen molar-refractivity contribution in [3.63, 3.8) is 0 Å². The van der Waals surface area contributed by atoms with E-state index in [4.69, 9.17) is 4.74 Å². The van der Waals surface area contributed by atoms with Gasteiger partial charge in [-0.1, -0.05) is 31.2 Å². The number of nitrogens with one attached hydrogen (secondary N) is 1. The fraction of sp³-hybridized carbons (Fsp3) is 0.120. The number of hydrogen-bond acceptors (Lipinski definition) is 4. The van der Waals surface area contributed by atoms with Crippen molar-refractivity contribution in [1.82, 2.24) is 5.32 Å². The average molecular weight is 792 g/mol. The van der Waals surface area contributed by atoms with Gasteiger partial charge >= 0.3 is 0 Å². The molecule has 0 atom stereocenters. The van der Waals surface area contributed by atoms with Gasteiger partial charge in [-0.05, 0) is 145 Å². The SMILES string of the molecule is CCc1ccc(N=C2NC(=O)/C(=C/c3cc(I)c(OCc4ccc(I)cc4)c(I)c3)S2)cc1. The van der Waals surface area contributed by atoms with Gasteiger partial charge in [-0.3, -0.25) is 4.79 Å². The molecule has 168 valence electrons. The summed E-state index contributed by atoms with van der Waals surface area (Å²) in [5.74, 6) is 0.728. The normalized spacial score (nSPS) is 15.8. The van der Waals surface area contributed by atoms with Crippen LogP contribution in [0.1, 0.15) is 23.6 Å². The van der Waals surface area contributed by atoms with Gasteiger partial charge in [0.15, 0.2) is 5.17 Å². The smallest absolute Gasteiger partial charge is 0.264 e. The van der Waals surface area contributed by atoms with E-state index >= 15 is 0 Å². The molecule has 0 spiro atoms. The van der Waals surface area contributed by atoms with Crippen molar-refractivity contribution < 1.29 is 9.53 Å². The summed E-state index contributed by atoms with van der Waals surface area (Å²) in [5.41, 5.74) is 4.17. The highest BCUT2D eigenvalue weighted by Crippen LogP contribution is 2.33. The Balaban J connectivity index is 1.48. The number of carbonyl (C=O) groups is 1. The molecule has 8 heteroatoms. The second-order valence-corrected chi connectivity index (χ2v) is 11.8. The zero-order valence-electron chi connectivity index (χ0n) is 17.6. The van der Waals surface area contributed by atoms with Crippen LogP contribution >= 0.6 is 79.5 Å². The topological polar surface area (TPSA) is 50.7 Å². The molecule has 0 saturated carbocycles. The Bertz CT molecular complexity index is 1220. The van der Waals surface area contributed by atoms with Gasteiger partial charge in [0.1, 0.15) is 12.4 Å². The lowest BCUT2D eigenvalue weighted by Crippen LogP contribution is -2.19. The van der Waals surface area contributed by atoms with Gasteiger partial charge in [0.2, 0.25) is 0 Å². The number of aliphatic imine (C=N–C) groups is 1. The summed E-state index contributed by atoms with van der Waals surface area (Å²) in [6.45, 7) is 2.64. The Morgan fingerprint density at radius 3 is 2.24 bits per heavy atom. The maximum absolute atomic E-state index is 12.5. The van der Waals surface area contributed by atoms with E-state index in [1.54, 1.807) is 0 Å². The molecule has 1 saturated heterocycles. The summed E-state index contributed by atoms with van der Waals surface area (Å²) in [7, 11) is 0. The molecule has 1 aliphatic heterocycles. The molecular weight excluding hydrogens is 773 g/mol. The molecule has 1 heterocycles. The van der Waals surface area contributed by atoms with Gasteiger partial charge in [-0.25, -0.2) is 4.99 Å². The second-order valence-electron chi connectivity index (χ2n) is 7.23. The molecule has 3 aromatic rings. The molecule has 1 N–H and O–H groups in total. The molecular formula is C25H19I3N2O2S. The first kappa shape index (κ1) is 25.0. The quantitative estimate of drug-likeness (QED) is 0.208. The molecule has 4 nitrogen and oxygen atoms in total. The summed E-state index contributed by atoms with van der Waals surface area (Å²) >= 11 is 8.22. The van der Waals surface area contributed by atoms with Crippen LogP contribution in [0.15, 0.2) is 70.6 Å². The minimum atomic E-state index is -0.131. The molecule has 33 heavy (non-hydrogen) atoms. The zero-order chi connectivity index (χ0) is 23.4. The standard InChI is InChI=1S/C25H19I3N2O2S/c1-2-15-5-9-19(10-6-15)29-25-30-24(31)22(33-25)13-17-11-20(27)23(21(28)12-17)32-14-16-3-7-18(26)8-4-16/h3-13H,2,14H2,1H3,(H,29,30,31)/b22-13-. The molecule has 0 aliphatic carbocycles. The number of rotatable bonds is 6. The van der Waals surface area contributed by atoms with Gasteiger partial charge < -0.3 is 10.1 Å². The van der Waals surface area contributed by atoms with E-state index < -0.39 is 0 Å². The number of hydrogen-bond donors (Lipinski definition) is 1. The molecule has 0 unspecified atom stereocenters. The van der Waals surface area contributed by atoms with E-state index in [0.717, 1.165) is 36.1 Å². The highest BCUT2D eigenvalue weighted by Gasteiger charge is 2.24. The van der Waals surface area contributed by atoms with Gasteiger partial charge in [-0.15, -0.1) is 0 Å². The van der Waals surface area contributed by atoms with Crippen LogP contribution in [-0.4, -0.2) is 11.1 Å². The molecule has 1 amide bonds. The van der Waals surface area contributed by atoms with Crippen LogP contribution in [0.3, 0.4) is 0 Å². The molecule has 4 rings (SSSR count). The van der Waals surface area contributed by atoms with Gasteiger partial charge in [0, 0.05) is 3.57 Å². The molecule has 0 aromatic heterocycles. The van der Waals surface area contributed by atoms with Gasteiger partial charge in [-0.2, -0.15) is 0 Å². The van der Waals surface area contributed by atoms with E-state index in [1.807, 2.05) is 30.3 Å². The van der Waals surface area contributed by atoms with Crippen LogP contribution < -0.4 is 10.1 Å². The Morgan fingerprint density at radius 2 is 1.61 bits per heavy atom. The summed E-state index contributed by atoms with van der Waals surface area (Å²) in [6, 6.07) is 20.4. The van der Waals surface area contributed by atoms with Crippen LogP contribution in [0.5, 0.6) is 5.75 Å². The van der Waals surface area contributed by atoms with Crippen molar-refractivity contribution in [3.05, 3.63) is 93.0 Å². The van der Waals surface area contributed by atoms with Crippen LogP contribution in [0.2, 0.25) is 0 Å². The summed E-state index contributed by atoms with van der Waals surface area (Å²) in [6.07, 6.45) is 2.89. The summed E-state index contributed by atoms with van der Waals surface area (Å²) < 4.78 is 9.31. The number of halogens is 3. The van der Waals surface area contributed by atoms with E-state index in [0.29, 0.717) is 16.7 Å². The lowest BCUT2D eigenvalue weighted by atomic mass is 10.2. The number of thioether (sulfide) groups is 1. The van der Waals surface area contributed by atoms with Crippen LogP contribution in [0.25, 0.3) is 6.08 Å². The summed E-state index contributed by atoms with van der Waals surface area (Å²) in [5, 5.41) is 3.46. The predicted molar refractivity (Wildman–Crippen MR) is 162 cm³/mol. The minimum Gasteiger partial charge on any atom is -0.487 e. The third-order valence-electron chi connectivity index (χ3n) is 4.84. The molecule has 0 radical (unpaired) electrons. The zero-order valence-corrected chi connectivity index (χ0v) is 24.9. The Kier molecular flexibility index (Phi) is 8.74. The third kappa shape index (κ3) is 6.73. The van der Waals surface area contributed by atoms with E-state index in [1.165, 1.54) is 20.9 Å². The summed E-state index contributed by atoms with van der Waals surface area (Å²) in [4.78, 5) is 17.7. The Labute approximate surface area is 238 Å². The van der Waals surface area contributed by atoms with Crippen LogP contribution in [-0.2, 0) is 17.8 Å². The van der Waals surface area contributed by atoms with Crippen molar-refractivity contribution in [2.45, 2.75) is 20.0 Å². The number of benzene rings is 3. The molecule has 1 aliphatic rings. The first-order valence-corrected chi connectivity index (χ1v) is 14.2. The Morgan fingerprint density at radius 1 is 0.970 bits per heavy atom. The van der Waals surface area contributed by atoms with E-state index in [2.05, 4.69) is 121 Å². The highest BCUT2D eigenvalue weighted by atomic mass is 127. The average Bonchev–Trinajstić information content (AvgIpc) is 3.13. The van der Waals surface area contributed by atoms with Crippen molar-refractivity contribution in [1.29, 1.82) is 0 Å². The maximum Gasteiger partial charge on any atom is 0.264 e. The third-order valence-corrected chi connectivity index (χ3v) is 8.07.